The maximum absolute atomic E-state index is 14.4. The quantitative estimate of drug-likeness (QED) is 0.177. The van der Waals surface area contributed by atoms with E-state index in [9.17, 15) is 19.5 Å². The summed E-state index contributed by atoms with van der Waals surface area (Å²) in [7, 11) is 0. The number of rotatable bonds is 11. The number of unbranched alkanes of at least 4 members (excludes halogenated alkanes) is 2. The highest BCUT2D eigenvalue weighted by Crippen LogP contribution is 2.68. The van der Waals surface area contributed by atoms with Crippen LogP contribution in [0.3, 0.4) is 0 Å². The van der Waals surface area contributed by atoms with E-state index in [1.807, 2.05) is 4.90 Å². The number of thioether (sulfide) groups is 1. The third kappa shape index (κ3) is 4.81. The van der Waals surface area contributed by atoms with Gasteiger partial charge in [-0.1, -0.05) is 41.3 Å². The van der Waals surface area contributed by atoms with Gasteiger partial charge in [0.2, 0.25) is 11.8 Å². The van der Waals surface area contributed by atoms with Crippen molar-refractivity contribution in [3.05, 3.63) is 12.7 Å². The smallest absolute Gasteiger partial charge is 0.310 e. The van der Waals surface area contributed by atoms with Crippen LogP contribution in [0.2, 0.25) is 0 Å². The zero-order valence-corrected chi connectivity index (χ0v) is 23.1. The Morgan fingerprint density at radius 2 is 2.03 bits per heavy atom. The first-order valence-corrected chi connectivity index (χ1v) is 15.0. The number of fused-ring (bicyclic) bond motifs is 1. The van der Waals surface area contributed by atoms with Crippen molar-refractivity contribution in [2.75, 3.05) is 26.3 Å². The second kappa shape index (κ2) is 11.5. The number of aliphatic hydroxyl groups excluding tert-OH is 1. The molecule has 0 radical (unpaired) electrons. The molecule has 1 saturated carbocycles. The topological polar surface area (TPSA) is 87.2 Å². The van der Waals surface area contributed by atoms with Crippen molar-refractivity contribution in [2.45, 2.75) is 91.6 Å². The number of aliphatic hydroxyl groups is 1. The van der Waals surface area contributed by atoms with Gasteiger partial charge in [0.25, 0.3) is 0 Å². The third-order valence-electron chi connectivity index (χ3n) is 8.26. The summed E-state index contributed by atoms with van der Waals surface area (Å²) < 4.78 is 4.80. The molecule has 6 atom stereocenters. The molecule has 3 heterocycles. The van der Waals surface area contributed by atoms with Crippen molar-refractivity contribution < 1.29 is 24.2 Å². The molecule has 9 heteroatoms. The van der Waals surface area contributed by atoms with Gasteiger partial charge in [-0.05, 0) is 45.4 Å². The summed E-state index contributed by atoms with van der Waals surface area (Å²) in [6.45, 7) is 7.03. The first-order valence-electron chi connectivity index (χ1n) is 13.2. The van der Waals surface area contributed by atoms with Gasteiger partial charge in [0.05, 0.1) is 23.2 Å². The van der Waals surface area contributed by atoms with Gasteiger partial charge in [-0.25, -0.2) is 0 Å². The number of ether oxygens (including phenoxy) is 1. The lowest BCUT2D eigenvalue weighted by atomic mass is 9.71. The second-order valence-corrected chi connectivity index (χ2v) is 13.0. The molecule has 3 unspecified atom stereocenters. The summed E-state index contributed by atoms with van der Waals surface area (Å²) >= 11 is 5.46. The molecule has 0 aromatic rings. The predicted molar refractivity (Wildman–Crippen MR) is 140 cm³/mol. The molecule has 1 N–H and O–H groups in total. The van der Waals surface area contributed by atoms with Gasteiger partial charge < -0.3 is 19.6 Å². The van der Waals surface area contributed by atoms with Gasteiger partial charge in [0, 0.05) is 35.8 Å². The number of likely N-dealkylation sites (tertiary alicyclic amines) is 1. The fourth-order valence-corrected chi connectivity index (χ4v) is 10.4. The Morgan fingerprint density at radius 3 is 2.69 bits per heavy atom. The highest BCUT2D eigenvalue weighted by molar-refractivity contribution is 9.09. The van der Waals surface area contributed by atoms with Crippen LogP contribution in [-0.4, -0.2) is 85.9 Å². The average molecular weight is 572 g/mol. The maximum Gasteiger partial charge on any atom is 0.310 e. The molecule has 7 nitrogen and oxygen atoms in total. The molecule has 1 aliphatic carbocycles. The first-order chi connectivity index (χ1) is 16.9. The lowest BCUT2D eigenvalue weighted by Gasteiger charge is -2.41. The number of hydrogen-bond donors (Lipinski definition) is 1. The van der Waals surface area contributed by atoms with Crippen molar-refractivity contribution in [3.8, 4) is 0 Å². The van der Waals surface area contributed by atoms with Crippen LogP contribution in [0.15, 0.2) is 12.7 Å². The summed E-state index contributed by atoms with van der Waals surface area (Å²) in [4.78, 5) is 45.3. The van der Waals surface area contributed by atoms with Gasteiger partial charge in [0.1, 0.15) is 6.04 Å². The summed E-state index contributed by atoms with van der Waals surface area (Å²) in [6, 6.07) is -0.425. The van der Waals surface area contributed by atoms with Crippen LogP contribution >= 0.6 is 27.7 Å². The van der Waals surface area contributed by atoms with E-state index in [2.05, 4.69) is 22.5 Å². The Balaban J connectivity index is 1.70. The number of halogens is 1. The van der Waals surface area contributed by atoms with Crippen LogP contribution in [-0.2, 0) is 19.1 Å². The van der Waals surface area contributed by atoms with Crippen LogP contribution < -0.4 is 0 Å². The molecule has 4 fully saturated rings. The number of amides is 2. The molecule has 3 saturated heterocycles. The van der Waals surface area contributed by atoms with Crippen LogP contribution in [0.5, 0.6) is 0 Å². The molecule has 0 aromatic heterocycles. The van der Waals surface area contributed by atoms with E-state index in [0.717, 1.165) is 38.5 Å². The standard InChI is InChI=1S/C26H39BrN2O5S/c1-3-13-28(17-11-7-5-8-12-17)24(32)22-26-16-18(27)21(35-26)19(25(33)34-4-2)20(26)23(31)29(22)14-9-6-10-15-30/h3,17-22,30H,1,4-16H2,2H3/t18?,19-,20-,21-,22?,26?/m0/s1. The number of alkyl halides is 1. The molecule has 2 bridgehead atoms. The molecule has 0 aromatic carbocycles. The predicted octanol–water partition coefficient (Wildman–Crippen LogP) is 3.52. The van der Waals surface area contributed by atoms with Gasteiger partial charge >= 0.3 is 5.97 Å². The fraction of sp³-hybridized carbons (Fsp3) is 0.808. The van der Waals surface area contributed by atoms with Gasteiger partial charge in [-0.3, -0.25) is 14.4 Å². The fourth-order valence-electron chi connectivity index (χ4n) is 6.84. The van der Waals surface area contributed by atoms with Gasteiger partial charge in [0.15, 0.2) is 0 Å². The Kier molecular flexibility index (Phi) is 8.91. The number of nitrogens with zero attached hydrogens (tertiary/aromatic N) is 2. The largest absolute Gasteiger partial charge is 0.466 e. The van der Waals surface area contributed by atoms with Gasteiger partial charge in [-0.15, -0.1) is 18.3 Å². The molecular weight excluding hydrogens is 532 g/mol. The minimum Gasteiger partial charge on any atom is -0.466 e. The van der Waals surface area contributed by atoms with Crippen LogP contribution in [0.1, 0.15) is 64.7 Å². The minimum absolute atomic E-state index is 0.00664. The van der Waals surface area contributed by atoms with Crippen molar-refractivity contribution in [3.63, 3.8) is 0 Å². The Morgan fingerprint density at radius 1 is 1.29 bits per heavy atom. The highest BCUT2D eigenvalue weighted by Gasteiger charge is 2.76. The number of hydrogen-bond acceptors (Lipinski definition) is 6. The van der Waals surface area contributed by atoms with Gasteiger partial charge in [-0.2, -0.15) is 0 Å². The van der Waals surface area contributed by atoms with E-state index < -0.39 is 22.6 Å². The van der Waals surface area contributed by atoms with Crippen molar-refractivity contribution in [1.29, 1.82) is 0 Å². The van der Waals surface area contributed by atoms with Crippen LogP contribution in [0.25, 0.3) is 0 Å². The lowest BCUT2D eigenvalue weighted by Crippen LogP contribution is -2.57. The average Bonchev–Trinajstić information content (AvgIpc) is 3.44. The van der Waals surface area contributed by atoms with Crippen molar-refractivity contribution in [2.24, 2.45) is 11.8 Å². The molecule has 1 spiro atoms. The molecule has 2 amide bonds. The minimum atomic E-state index is -0.629. The van der Waals surface area contributed by atoms with E-state index in [4.69, 9.17) is 4.74 Å². The zero-order chi connectivity index (χ0) is 25.2. The molecule has 4 aliphatic rings. The van der Waals surface area contributed by atoms with E-state index in [1.165, 1.54) is 6.42 Å². The molecule has 35 heavy (non-hydrogen) atoms. The Labute approximate surface area is 221 Å². The van der Waals surface area contributed by atoms with Crippen LogP contribution in [0, 0.1) is 11.8 Å². The number of esters is 1. The van der Waals surface area contributed by atoms with E-state index in [0.29, 0.717) is 25.9 Å². The normalized spacial score (nSPS) is 34.2. The van der Waals surface area contributed by atoms with Crippen LogP contribution in [0.4, 0.5) is 0 Å². The maximum atomic E-state index is 14.4. The zero-order valence-electron chi connectivity index (χ0n) is 20.7. The third-order valence-corrected chi connectivity index (χ3v) is 11.5. The molecule has 3 aliphatic heterocycles. The molecule has 4 rings (SSSR count). The van der Waals surface area contributed by atoms with Crippen molar-refractivity contribution in [1.82, 2.24) is 9.80 Å². The Bertz CT molecular complexity index is 822. The number of carbonyl (C=O) groups is 3. The first kappa shape index (κ1) is 27.0. The summed E-state index contributed by atoms with van der Waals surface area (Å²) in [6.07, 6.45) is 10.0. The molecular formula is C26H39BrN2O5S. The number of carbonyl (C=O) groups excluding carboxylic acids is 3. The monoisotopic (exact) mass is 570 g/mol. The highest BCUT2D eigenvalue weighted by atomic mass is 79.9. The van der Waals surface area contributed by atoms with Crippen molar-refractivity contribution >= 4 is 45.5 Å². The summed E-state index contributed by atoms with van der Waals surface area (Å²) in [5.74, 6) is -1.47. The second-order valence-electron chi connectivity index (χ2n) is 10.3. The summed E-state index contributed by atoms with van der Waals surface area (Å²) in [5.41, 5.74) is 0. The van der Waals surface area contributed by atoms with E-state index >= 15 is 0 Å². The molecule has 196 valence electrons. The Hall–Kier alpha value is -1.06. The van der Waals surface area contributed by atoms with E-state index in [1.54, 1.807) is 29.7 Å². The SMILES string of the molecule is C=CCN(C(=O)C1N(CCCCCO)C(=O)[C@@H]2[C@H](C(=O)OCC)[C@H]3SC12CC3Br)C1CCCCC1. The van der Waals surface area contributed by atoms with E-state index in [-0.39, 0.29) is 47.1 Å². The lowest BCUT2D eigenvalue weighted by molar-refractivity contribution is -0.153. The summed E-state index contributed by atoms with van der Waals surface area (Å²) in [5, 5.41) is 9.14.